The van der Waals surface area contributed by atoms with Crippen molar-refractivity contribution in [2.24, 2.45) is 10.7 Å². The van der Waals surface area contributed by atoms with Crippen molar-refractivity contribution in [1.82, 2.24) is 15.0 Å². The Labute approximate surface area is 127 Å². The summed E-state index contributed by atoms with van der Waals surface area (Å²) in [5.41, 5.74) is 9.32. The van der Waals surface area contributed by atoms with Crippen LogP contribution in [0, 0.1) is 11.3 Å². The number of nitrogens with zero attached hydrogens (tertiary/aromatic N) is 4. The monoisotopic (exact) mass is 290 g/mol. The lowest BCUT2D eigenvalue weighted by atomic mass is 10.1. The van der Waals surface area contributed by atoms with E-state index in [1.54, 1.807) is 24.5 Å². The fourth-order valence-electron chi connectivity index (χ4n) is 2.17. The SMILES string of the molecule is CC(C=NCc1nc2c(cnc3ccc(C#N)cc32)[nH]1)=CN. The molecule has 3 rings (SSSR count). The maximum atomic E-state index is 9.03. The molecule has 0 amide bonds. The van der Waals surface area contributed by atoms with Crippen molar-refractivity contribution in [3.05, 3.63) is 47.6 Å². The molecule has 2 aromatic heterocycles. The number of H-pyrrole nitrogens is 1. The van der Waals surface area contributed by atoms with Crippen LogP contribution in [-0.4, -0.2) is 21.2 Å². The summed E-state index contributed by atoms with van der Waals surface area (Å²) in [7, 11) is 0. The molecule has 6 nitrogen and oxygen atoms in total. The van der Waals surface area contributed by atoms with Gasteiger partial charge in [0.1, 0.15) is 5.82 Å². The van der Waals surface area contributed by atoms with Crippen LogP contribution < -0.4 is 5.73 Å². The highest BCUT2D eigenvalue weighted by Gasteiger charge is 2.08. The zero-order valence-electron chi connectivity index (χ0n) is 12.0. The first-order valence-electron chi connectivity index (χ1n) is 6.77. The van der Waals surface area contributed by atoms with Gasteiger partial charge in [-0.3, -0.25) is 9.98 Å². The van der Waals surface area contributed by atoms with E-state index in [1.807, 2.05) is 13.0 Å². The number of aromatic amines is 1. The van der Waals surface area contributed by atoms with Gasteiger partial charge in [-0.1, -0.05) is 0 Å². The number of rotatable bonds is 3. The third-order valence-electron chi connectivity index (χ3n) is 3.29. The molecule has 1 aromatic carbocycles. The number of aliphatic imine (C=N–C) groups is 1. The summed E-state index contributed by atoms with van der Waals surface area (Å²) >= 11 is 0. The highest BCUT2D eigenvalue weighted by molar-refractivity contribution is 6.02. The second kappa shape index (κ2) is 5.66. The van der Waals surface area contributed by atoms with E-state index in [0.29, 0.717) is 12.1 Å². The van der Waals surface area contributed by atoms with Gasteiger partial charge in [-0.05, 0) is 36.9 Å². The molecule has 0 aliphatic rings. The van der Waals surface area contributed by atoms with Crippen molar-refractivity contribution >= 4 is 28.2 Å². The van der Waals surface area contributed by atoms with Crippen molar-refractivity contribution in [2.45, 2.75) is 13.5 Å². The molecule has 0 saturated carbocycles. The molecule has 22 heavy (non-hydrogen) atoms. The number of benzene rings is 1. The molecule has 0 fully saturated rings. The van der Waals surface area contributed by atoms with E-state index < -0.39 is 0 Å². The third kappa shape index (κ3) is 2.52. The zero-order chi connectivity index (χ0) is 15.5. The average molecular weight is 290 g/mol. The van der Waals surface area contributed by atoms with E-state index in [0.717, 1.165) is 33.3 Å². The number of allylic oxidation sites excluding steroid dienone is 1. The predicted molar refractivity (Wildman–Crippen MR) is 86.3 cm³/mol. The van der Waals surface area contributed by atoms with E-state index >= 15 is 0 Å². The normalized spacial score (nSPS) is 12.3. The van der Waals surface area contributed by atoms with Crippen LogP contribution in [0.5, 0.6) is 0 Å². The van der Waals surface area contributed by atoms with Crippen LogP contribution in [0.25, 0.3) is 21.9 Å². The first kappa shape index (κ1) is 13.8. The average Bonchev–Trinajstić information content (AvgIpc) is 2.97. The first-order chi connectivity index (χ1) is 10.7. The summed E-state index contributed by atoms with van der Waals surface area (Å²) < 4.78 is 0. The summed E-state index contributed by atoms with van der Waals surface area (Å²) in [6.07, 6.45) is 4.95. The Morgan fingerprint density at radius 3 is 3.14 bits per heavy atom. The Morgan fingerprint density at radius 1 is 1.50 bits per heavy atom. The fraction of sp³-hybridized carbons (Fsp3) is 0.125. The summed E-state index contributed by atoms with van der Waals surface area (Å²) in [5.74, 6) is 0.743. The fourth-order valence-corrected chi connectivity index (χ4v) is 2.17. The lowest BCUT2D eigenvalue weighted by Gasteiger charge is -1.97. The first-order valence-corrected chi connectivity index (χ1v) is 6.77. The summed E-state index contributed by atoms with van der Waals surface area (Å²) in [5, 5.41) is 9.89. The number of fused-ring (bicyclic) bond motifs is 3. The number of nitrogens with two attached hydrogens (primary N) is 1. The maximum Gasteiger partial charge on any atom is 0.129 e. The number of pyridine rings is 1. The second-order valence-corrected chi connectivity index (χ2v) is 4.93. The van der Waals surface area contributed by atoms with Crippen LogP contribution in [-0.2, 0) is 6.54 Å². The summed E-state index contributed by atoms with van der Waals surface area (Å²) in [6.45, 7) is 2.31. The van der Waals surface area contributed by atoms with Crippen LogP contribution in [0.4, 0.5) is 0 Å². The van der Waals surface area contributed by atoms with Crippen molar-refractivity contribution < 1.29 is 0 Å². The molecule has 3 N–H and O–H groups in total. The van der Waals surface area contributed by atoms with Crippen molar-refractivity contribution in [3.8, 4) is 6.07 Å². The standard InChI is InChI=1S/C16H14N6/c1-10(5-17)7-19-9-15-21-14-8-20-13-3-2-11(6-18)4-12(13)16(14)22-15/h2-5,7-8H,9,17H2,1H3,(H,21,22). The minimum atomic E-state index is 0.430. The molecule has 3 aromatic rings. The Balaban J connectivity index is 2.04. The minimum Gasteiger partial charge on any atom is -0.404 e. The highest BCUT2D eigenvalue weighted by Crippen LogP contribution is 2.22. The van der Waals surface area contributed by atoms with Crippen LogP contribution in [0.15, 0.2) is 41.2 Å². The maximum absolute atomic E-state index is 9.03. The molecule has 0 aliphatic carbocycles. The van der Waals surface area contributed by atoms with E-state index in [1.165, 1.54) is 6.20 Å². The molecule has 0 atom stereocenters. The highest BCUT2D eigenvalue weighted by atomic mass is 15.0. The number of hydrogen-bond acceptors (Lipinski definition) is 5. The van der Waals surface area contributed by atoms with Gasteiger partial charge in [-0.2, -0.15) is 5.26 Å². The molecule has 0 bridgehead atoms. The van der Waals surface area contributed by atoms with Gasteiger partial charge in [-0.15, -0.1) is 0 Å². The number of hydrogen-bond donors (Lipinski definition) is 2. The summed E-state index contributed by atoms with van der Waals surface area (Å²) in [4.78, 5) is 16.4. The number of aromatic nitrogens is 3. The molecule has 0 saturated heterocycles. The molecule has 108 valence electrons. The molecule has 0 unspecified atom stereocenters. The quantitative estimate of drug-likeness (QED) is 0.723. The molecular formula is C16H14N6. The van der Waals surface area contributed by atoms with Crippen molar-refractivity contribution in [1.29, 1.82) is 5.26 Å². The van der Waals surface area contributed by atoms with Gasteiger partial charge in [0.15, 0.2) is 0 Å². The van der Waals surface area contributed by atoms with Gasteiger partial charge in [0, 0.05) is 11.6 Å². The van der Waals surface area contributed by atoms with Crippen LogP contribution in [0.3, 0.4) is 0 Å². The van der Waals surface area contributed by atoms with Gasteiger partial charge in [0.05, 0.1) is 40.9 Å². The van der Waals surface area contributed by atoms with Gasteiger partial charge < -0.3 is 10.7 Å². The Hall–Kier alpha value is -3.20. The molecule has 0 spiro atoms. The third-order valence-corrected chi connectivity index (χ3v) is 3.29. The van der Waals surface area contributed by atoms with E-state index in [9.17, 15) is 0 Å². The number of nitrogens with one attached hydrogen (secondary N) is 1. The lowest BCUT2D eigenvalue weighted by molar-refractivity contribution is 0.963. The molecule has 6 heteroatoms. The lowest BCUT2D eigenvalue weighted by Crippen LogP contribution is -1.88. The van der Waals surface area contributed by atoms with Gasteiger partial charge in [-0.25, -0.2) is 4.98 Å². The number of nitriles is 1. The van der Waals surface area contributed by atoms with Crippen LogP contribution in [0.2, 0.25) is 0 Å². The second-order valence-electron chi connectivity index (χ2n) is 4.93. The van der Waals surface area contributed by atoms with Gasteiger partial charge in [0.25, 0.3) is 0 Å². The van der Waals surface area contributed by atoms with Crippen LogP contribution >= 0.6 is 0 Å². The zero-order valence-corrected chi connectivity index (χ0v) is 12.0. The largest absolute Gasteiger partial charge is 0.404 e. The molecular weight excluding hydrogens is 276 g/mol. The molecule has 2 heterocycles. The smallest absolute Gasteiger partial charge is 0.129 e. The number of imidazole rings is 1. The minimum absolute atomic E-state index is 0.430. The summed E-state index contributed by atoms with van der Waals surface area (Å²) in [6, 6.07) is 7.52. The Kier molecular flexibility index (Phi) is 3.54. The van der Waals surface area contributed by atoms with Crippen LogP contribution in [0.1, 0.15) is 18.3 Å². The Morgan fingerprint density at radius 2 is 2.36 bits per heavy atom. The van der Waals surface area contributed by atoms with Gasteiger partial charge >= 0.3 is 0 Å². The van der Waals surface area contributed by atoms with E-state index in [-0.39, 0.29) is 0 Å². The van der Waals surface area contributed by atoms with E-state index in [2.05, 4.69) is 26.0 Å². The van der Waals surface area contributed by atoms with Crippen molar-refractivity contribution in [2.75, 3.05) is 0 Å². The topological polar surface area (TPSA) is 104 Å². The van der Waals surface area contributed by atoms with Gasteiger partial charge in [0.2, 0.25) is 0 Å². The Bertz CT molecular complexity index is 942. The predicted octanol–water partition coefficient (Wildman–Crippen LogP) is 2.42. The molecule has 0 radical (unpaired) electrons. The van der Waals surface area contributed by atoms with Crippen molar-refractivity contribution in [3.63, 3.8) is 0 Å². The van der Waals surface area contributed by atoms with E-state index in [4.69, 9.17) is 11.0 Å². The molecule has 0 aliphatic heterocycles.